The summed E-state index contributed by atoms with van der Waals surface area (Å²) in [7, 11) is 0. The number of carbonyl (C=O) groups excluding carboxylic acids is 1. The summed E-state index contributed by atoms with van der Waals surface area (Å²) in [6.45, 7) is 0.917. The lowest BCUT2D eigenvalue weighted by molar-refractivity contribution is -0.121. The Balaban J connectivity index is 2.14. The predicted octanol–water partition coefficient (Wildman–Crippen LogP) is 0.880. The molecule has 14 heavy (non-hydrogen) atoms. The SMILES string of the molecule is NC(=O)C1NCCSC12CCCCC2. The second-order valence-corrected chi connectivity index (χ2v) is 5.77. The van der Waals surface area contributed by atoms with Crippen LogP contribution in [0.2, 0.25) is 0 Å². The summed E-state index contributed by atoms with van der Waals surface area (Å²) in [4.78, 5) is 11.4. The van der Waals surface area contributed by atoms with Crippen molar-refractivity contribution >= 4 is 17.7 Å². The fourth-order valence-electron chi connectivity index (χ4n) is 2.67. The molecule has 3 nitrogen and oxygen atoms in total. The van der Waals surface area contributed by atoms with Crippen molar-refractivity contribution in [3.05, 3.63) is 0 Å². The smallest absolute Gasteiger partial charge is 0.236 e. The normalized spacial score (nSPS) is 31.6. The Labute approximate surface area is 89.2 Å². The van der Waals surface area contributed by atoms with E-state index in [4.69, 9.17) is 5.73 Å². The van der Waals surface area contributed by atoms with Crippen molar-refractivity contribution < 1.29 is 4.79 Å². The minimum atomic E-state index is -0.167. The van der Waals surface area contributed by atoms with Gasteiger partial charge in [0.05, 0.1) is 0 Å². The molecule has 1 atom stereocenters. The average Bonchev–Trinajstić information content (AvgIpc) is 2.19. The Kier molecular flexibility index (Phi) is 3.02. The number of hydrogen-bond donors (Lipinski definition) is 2. The van der Waals surface area contributed by atoms with Crippen molar-refractivity contribution in [2.75, 3.05) is 12.3 Å². The maximum Gasteiger partial charge on any atom is 0.236 e. The molecule has 4 heteroatoms. The van der Waals surface area contributed by atoms with E-state index < -0.39 is 0 Å². The van der Waals surface area contributed by atoms with Gasteiger partial charge in [0.2, 0.25) is 5.91 Å². The van der Waals surface area contributed by atoms with Crippen LogP contribution >= 0.6 is 11.8 Å². The summed E-state index contributed by atoms with van der Waals surface area (Å²) in [5.74, 6) is 0.947. The van der Waals surface area contributed by atoms with Gasteiger partial charge in [-0.3, -0.25) is 4.79 Å². The molecule has 2 rings (SSSR count). The van der Waals surface area contributed by atoms with Gasteiger partial charge in [-0.05, 0) is 12.8 Å². The summed E-state index contributed by atoms with van der Waals surface area (Å²) < 4.78 is 0.127. The molecule has 0 bridgehead atoms. The molecule has 1 saturated heterocycles. The second kappa shape index (κ2) is 4.11. The predicted molar refractivity (Wildman–Crippen MR) is 59.3 cm³/mol. The van der Waals surface area contributed by atoms with Gasteiger partial charge in [-0.15, -0.1) is 0 Å². The molecule has 1 heterocycles. The van der Waals surface area contributed by atoms with E-state index in [-0.39, 0.29) is 16.7 Å². The molecule has 2 fully saturated rings. The summed E-state index contributed by atoms with van der Waals surface area (Å²) in [5, 5.41) is 3.28. The molecule has 1 saturated carbocycles. The quantitative estimate of drug-likeness (QED) is 0.681. The molecular formula is C10H18N2OS. The zero-order chi connectivity index (χ0) is 10.0. The highest BCUT2D eigenvalue weighted by molar-refractivity contribution is 8.00. The molecule has 0 radical (unpaired) electrons. The third-order valence-electron chi connectivity index (χ3n) is 3.35. The van der Waals surface area contributed by atoms with E-state index in [1.807, 2.05) is 11.8 Å². The van der Waals surface area contributed by atoms with Crippen LogP contribution in [0, 0.1) is 0 Å². The Morgan fingerprint density at radius 2 is 2.07 bits per heavy atom. The topological polar surface area (TPSA) is 55.1 Å². The molecule has 0 aromatic heterocycles. The van der Waals surface area contributed by atoms with E-state index in [9.17, 15) is 4.79 Å². The van der Waals surface area contributed by atoms with E-state index in [2.05, 4.69) is 5.32 Å². The van der Waals surface area contributed by atoms with Gasteiger partial charge in [-0.25, -0.2) is 0 Å². The van der Waals surface area contributed by atoms with Gasteiger partial charge in [0.1, 0.15) is 6.04 Å². The highest BCUT2D eigenvalue weighted by Gasteiger charge is 2.44. The van der Waals surface area contributed by atoms with Crippen molar-refractivity contribution in [3.8, 4) is 0 Å². The van der Waals surface area contributed by atoms with Crippen LogP contribution in [0.3, 0.4) is 0 Å². The molecule has 1 aliphatic carbocycles. The molecule has 3 N–H and O–H groups in total. The van der Waals surface area contributed by atoms with Gasteiger partial charge in [-0.1, -0.05) is 19.3 Å². The number of rotatable bonds is 1. The number of hydrogen-bond acceptors (Lipinski definition) is 3. The van der Waals surface area contributed by atoms with E-state index >= 15 is 0 Å². The van der Waals surface area contributed by atoms with Crippen LogP contribution in [0.5, 0.6) is 0 Å². The first-order valence-electron chi connectivity index (χ1n) is 5.41. The molecule has 0 aromatic carbocycles. The molecule has 1 unspecified atom stereocenters. The van der Waals surface area contributed by atoms with Gasteiger partial charge in [0, 0.05) is 17.0 Å². The molecule has 2 aliphatic rings. The highest BCUT2D eigenvalue weighted by Crippen LogP contribution is 2.43. The first-order chi connectivity index (χ1) is 6.75. The highest BCUT2D eigenvalue weighted by atomic mass is 32.2. The Morgan fingerprint density at radius 1 is 1.36 bits per heavy atom. The maximum absolute atomic E-state index is 11.4. The third-order valence-corrected chi connectivity index (χ3v) is 4.98. The van der Waals surface area contributed by atoms with Crippen LogP contribution in [-0.4, -0.2) is 29.0 Å². The van der Waals surface area contributed by atoms with Crippen LogP contribution in [0.25, 0.3) is 0 Å². The minimum absolute atomic E-state index is 0.0958. The van der Waals surface area contributed by atoms with Crippen LogP contribution in [0.1, 0.15) is 32.1 Å². The van der Waals surface area contributed by atoms with E-state index in [1.54, 1.807) is 0 Å². The van der Waals surface area contributed by atoms with E-state index in [1.165, 1.54) is 19.3 Å². The average molecular weight is 214 g/mol. The molecule has 1 aliphatic heterocycles. The van der Waals surface area contributed by atoms with Crippen molar-refractivity contribution in [2.45, 2.75) is 42.9 Å². The van der Waals surface area contributed by atoms with Gasteiger partial charge in [0.15, 0.2) is 0 Å². The van der Waals surface area contributed by atoms with Crippen LogP contribution in [0.15, 0.2) is 0 Å². The summed E-state index contributed by atoms with van der Waals surface area (Å²) >= 11 is 1.96. The number of carbonyl (C=O) groups is 1. The molecule has 1 spiro atoms. The van der Waals surface area contributed by atoms with Crippen molar-refractivity contribution in [1.29, 1.82) is 0 Å². The molecule has 1 amide bonds. The number of primary amides is 1. The standard InChI is InChI=1S/C10H18N2OS/c11-9(13)8-10(14-7-6-12-8)4-2-1-3-5-10/h8,12H,1-7H2,(H2,11,13). The first-order valence-corrected chi connectivity index (χ1v) is 6.40. The van der Waals surface area contributed by atoms with Crippen molar-refractivity contribution in [1.82, 2.24) is 5.32 Å². The molecule has 0 aromatic rings. The lowest BCUT2D eigenvalue weighted by Gasteiger charge is -2.45. The number of amides is 1. The summed E-state index contributed by atoms with van der Waals surface area (Å²) in [6.07, 6.45) is 6.11. The monoisotopic (exact) mass is 214 g/mol. The lowest BCUT2D eigenvalue weighted by atomic mass is 9.82. The van der Waals surface area contributed by atoms with E-state index in [0.717, 1.165) is 25.1 Å². The third kappa shape index (κ3) is 1.77. The summed E-state index contributed by atoms with van der Waals surface area (Å²) in [6, 6.07) is -0.0958. The maximum atomic E-state index is 11.4. The van der Waals surface area contributed by atoms with Gasteiger partial charge < -0.3 is 11.1 Å². The lowest BCUT2D eigenvalue weighted by Crippen LogP contribution is -2.60. The van der Waals surface area contributed by atoms with Crippen molar-refractivity contribution in [3.63, 3.8) is 0 Å². The van der Waals surface area contributed by atoms with Crippen LogP contribution < -0.4 is 11.1 Å². The van der Waals surface area contributed by atoms with Gasteiger partial charge in [-0.2, -0.15) is 11.8 Å². The van der Waals surface area contributed by atoms with Gasteiger partial charge in [0.25, 0.3) is 0 Å². The van der Waals surface area contributed by atoms with Crippen molar-refractivity contribution in [2.24, 2.45) is 5.73 Å². The Morgan fingerprint density at radius 3 is 2.71 bits per heavy atom. The van der Waals surface area contributed by atoms with Crippen LogP contribution in [0.4, 0.5) is 0 Å². The Bertz CT molecular complexity index is 218. The number of nitrogens with one attached hydrogen (secondary N) is 1. The Hall–Kier alpha value is -0.220. The fraction of sp³-hybridized carbons (Fsp3) is 0.900. The van der Waals surface area contributed by atoms with E-state index in [0.29, 0.717) is 0 Å². The minimum Gasteiger partial charge on any atom is -0.368 e. The summed E-state index contributed by atoms with van der Waals surface area (Å²) in [5.41, 5.74) is 5.46. The number of thioether (sulfide) groups is 1. The molecular weight excluding hydrogens is 196 g/mol. The molecule has 80 valence electrons. The van der Waals surface area contributed by atoms with Crippen LogP contribution in [-0.2, 0) is 4.79 Å². The fourth-order valence-corrected chi connectivity index (χ4v) is 4.24. The largest absolute Gasteiger partial charge is 0.368 e. The number of nitrogens with two attached hydrogens (primary N) is 1. The zero-order valence-electron chi connectivity index (χ0n) is 8.42. The second-order valence-electron chi connectivity index (χ2n) is 4.26. The zero-order valence-corrected chi connectivity index (χ0v) is 9.24. The first kappa shape index (κ1) is 10.3. The van der Waals surface area contributed by atoms with Gasteiger partial charge >= 0.3 is 0 Å².